The lowest BCUT2D eigenvalue weighted by molar-refractivity contribution is -0.118. The first-order valence-electron chi connectivity index (χ1n) is 11.1. The highest BCUT2D eigenvalue weighted by molar-refractivity contribution is 7.99. The topological polar surface area (TPSA) is 73.2 Å². The molecule has 0 unspecified atom stereocenters. The van der Waals surface area contributed by atoms with Crippen molar-refractivity contribution in [1.29, 1.82) is 0 Å². The maximum Gasteiger partial charge on any atom is 0.266 e. The molecule has 0 aliphatic carbocycles. The van der Waals surface area contributed by atoms with Crippen LogP contribution in [0.4, 0.5) is 0 Å². The maximum atomic E-state index is 13.4. The van der Waals surface area contributed by atoms with Crippen molar-refractivity contribution in [3.8, 4) is 11.4 Å². The number of nitrogens with one attached hydrogen (secondary N) is 1. The predicted octanol–water partition coefficient (Wildman–Crippen LogP) is 4.46. The number of carbonyl (C=O) groups is 1. The number of carbonyl (C=O) groups excluding carboxylic acids is 1. The number of amides is 1. The van der Waals surface area contributed by atoms with Crippen LogP contribution in [0.25, 0.3) is 16.6 Å². The lowest BCUT2D eigenvalue weighted by atomic mass is 10.1. The van der Waals surface area contributed by atoms with Crippen LogP contribution in [0.2, 0.25) is 0 Å². The van der Waals surface area contributed by atoms with Crippen molar-refractivity contribution < 1.29 is 9.53 Å². The van der Waals surface area contributed by atoms with Gasteiger partial charge in [-0.1, -0.05) is 48.2 Å². The Labute approximate surface area is 203 Å². The van der Waals surface area contributed by atoms with Gasteiger partial charge in [-0.2, -0.15) is 0 Å². The van der Waals surface area contributed by atoms with Gasteiger partial charge < -0.3 is 10.1 Å². The molecule has 0 saturated carbocycles. The highest BCUT2D eigenvalue weighted by Crippen LogP contribution is 2.24. The Balaban J connectivity index is 1.52. The van der Waals surface area contributed by atoms with E-state index in [9.17, 15) is 9.59 Å². The van der Waals surface area contributed by atoms with Gasteiger partial charge in [0.15, 0.2) is 5.16 Å². The molecule has 1 aromatic heterocycles. The minimum atomic E-state index is -0.137. The largest absolute Gasteiger partial charge is 0.497 e. The normalized spacial score (nSPS) is 10.9. The molecule has 0 fully saturated rings. The van der Waals surface area contributed by atoms with E-state index in [1.807, 2.05) is 74.5 Å². The number of methoxy groups -OCH3 is 1. The van der Waals surface area contributed by atoms with Crippen LogP contribution >= 0.6 is 11.8 Å². The number of aryl methyl sites for hydroxylation is 1. The summed E-state index contributed by atoms with van der Waals surface area (Å²) in [6.45, 7) is 4.54. The van der Waals surface area contributed by atoms with Crippen LogP contribution in [0, 0.1) is 13.8 Å². The summed E-state index contributed by atoms with van der Waals surface area (Å²) in [5, 5.41) is 4.01. The van der Waals surface area contributed by atoms with Crippen molar-refractivity contribution in [1.82, 2.24) is 14.9 Å². The molecule has 0 aliphatic heterocycles. The van der Waals surface area contributed by atoms with Crippen LogP contribution in [-0.4, -0.2) is 34.9 Å². The molecule has 0 radical (unpaired) electrons. The van der Waals surface area contributed by atoms with E-state index in [4.69, 9.17) is 9.72 Å². The molecule has 34 heavy (non-hydrogen) atoms. The van der Waals surface area contributed by atoms with Gasteiger partial charge in [0.2, 0.25) is 5.91 Å². The fourth-order valence-corrected chi connectivity index (χ4v) is 4.55. The number of nitrogens with zero attached hydrogens (tertiary/aromatic N) is 2. The average Bonchev–Trinajstić information content (AvgIpc) is 2.85. The third-order valence-corrected chi connectivity index (χ3v) is 6.73. The minimum absolute atomic E-state index is 0.103. The summed E-state index contributed by atoms with van der Waals surface area (Å²) in [6, 6.07) is 21.0. The Bertz CT molecular complexity index is 1380. The predicted molar refractivity (Wildman–Crippen MR) is 137 cm³/mol. The zero-order chi connectivity index (χ0) is 24.1. The SMILES string of the molecule is COc1ccc(CCNC(=O)CSc2nc3ccccc3c(=O)n2-c2cccc(C)c2C)cc1. The second kappa shape index (κ2) is 10.6. The molecule has 3 aromatic carbocycles. The van der Waals surface area contributed by atoms with Crippen molar-refractivity contribution in [2.75, 3.05) is 19.4 Å². The first-order valence-corrected chi connectivity index (χ1v) is 12.1. The van der Waals surface area contributed by atoms with Crippen LogP contribution in [-0.2, 0) is 11.2 Å². The molecule has 0 aliphatic rings. The van der Waals surface area contributed by atoms with Crippen LogP contribution in [0.1, 0.15) is 16.7 Å². The molecule has 1 amide bonds. The van der Waals surface area contributed by atoms with E-state index in [1.165, 1.54) is 11.8 Å². The van der Waals surface area contributed by atoms with E-state index in [0.29, 0.717) is 22.6 Å². The number of aromatic nitrogens is 2. The summed E-state index contributed by atoms with van der Waals surface area (Å²) in [4.78, 5) is 30.7. The molecule has 0 atom stereocenters. The third-order valence-electron chi connectivity index (χ3n) is 5.79. The average molecular weight is 474 g/mol. The maximum absolute atomic E-state index is 13.4. The van der Waals surface area contributed by atoms with Gasteiger partial charge in [-0.15, -0.1) is 0 Å². The van der Waals surface area contributed by atoms with E-state index in [2.05, 4.69) is 5.32 Å². The molecule has 6 nitrogen and oxygen atoms in total. The van der Waals surface area contributed by atoms with E-state index in [1.54, 1.807) is 17.7 Å². The Morgan fingerprint density at radius 3 is 2.56 bits per heavy atom. The first-order chi connectivity index (χ1) is 16.5. The molecule has 4 aromatic rings. The molecular formula is C27H27N3O3S. The summed E-state index contributed by atoms with van der Waals surface area (Å²) in [5.74, 6) is 0.869. The summed E-state index contributed by atoms with van der Waals surface area (Å²) >= 11 is 1.27. The third kappa shape index (κ3) is 5.15. The second-order valence-electron chi connectivity index (χ2n) is 8.01. The van der Waals surface area contributed by atoms with Crippen LogP contribution in [0.3, 0.4) is 0 Å². The zero-order valence-corrected chi connectivity index (χ0v) is 20.3. The lowest BCUT2D eigenvalue weighted by Crippen LogP contribution is -2.28. The standard InChI is InChI=1S/C27H27N3O3S/c1-18-7-6-10-24(19(18)2)30-26(32)22-8-4-5-9-23(22)29-27(30)34-17-25(31)28-16-15-20-11-13-21(33-3)14-12-20/h4-14H,15-17H2,1-3H3,(H,28,31). The number of fused-ring (bicyclic) bond motifs is 1. The van der Waals surface area contributed by atoms with Crippen LogP contribution < -0.4 is 15.6 Å². The molecule has 0 spiro atoms. The number of thioether (sulfide) groups is 1. The zero-order valence-electron chi connectivity index (χ0n) is 19.5. The number of hydrogen-bond donors (Lipinski definition) is 1. The molecule has 7 heteroatoms. The van der Waals surface area contributed by atoms with Gasteiger partial charge in [0, 0.05) is 6.54 Å². The molecular weight excluding hydrogens is 446 g/mol. The number of benzene rings is 3. The van der Waals surface area contributed by atoms with Crippen molar-refractivity contribution in [3.63, 3.8) is 0 Å². The Hall–Kier alpha value is -3.58. The van der Waals surface area contributed by atoms with Gasteiger partial charge in [-0.3, -0.25) is 14.2 Å². The summed E-state index contributed by atoms with van der Waals surface area (Å²) in [7, 11) is 1.64. The minimum Gasteiger partial charge on any atom is -0.497 e. The van der Waals surface area contributed by atoms with Gasteiger partial charge in [0.05, 0.1) is 29.5 Å². The summed E-state index contributed by atoms with van der Waals surface area (Å²) in [6.07, 6.45) is 0.724. The Kier molecular flexibility index (Phi) is 7.33. The quantitative estimate of drug-likeness (QED) is 0.302. The smallest absolute Gasteiger partial charge is 0.266 e. The Morgan fingerprint density at radius 1 is 1.03 bits per heavy atom. The molecule has 0 bridgehead atoms. The molecule has 4 rings (SSSR count). The fourth-order valence-electron chi connectivity index (χ4n) is 3.72. The van der Waals surface area contributed by atoms with Gasteiger partial charge >= 0.3 is 0 Å². The van der Waals surface area contributed by atoms with Crippen LogP contribution in [0.15, 0.2) is 76.7 Å². The van der Waals surface area contributed by atoms with Crippen LogP contribution in [0.5, 0.6) is 5.75 Å². The van der Waals surface area contributed by atoms with Gasteiger partial charge in [-0.25, -0.2) is 4.98 Å². The van der Waals surface area contributed by atoms with E-state index < -0.39 is 0 Å². The van der Waals surface area contributed by atoms with E-state index in [-0.39, 0.29) is 17.2 Å². The van der Waals surface area contributed by atoms with Gasteiger partial charge in [0.1, 0.15) is 5.75 Å². The lowest BCUT2D eigenvalue weighted by Gasteiger charge is -2.16. The molecule has 174 valence electrons. The highest BCUT2D eigenvalue weighted by Gasteiger charge is 2.16. The van der Waals surface area contributed by atoms with Crippen molar-refractivity contribution in [3.05, 3.63) is 93.8 Å². The number of rotatable bonds is 8. The van der Waals surface area contributed by atoms with Crippen molar-refractivity contribution in [2.45, 2.75) is 25.4 Å². The number of para-hydroxylation sites is 1. The fraction of sp³-hybridized carbons (Fsp3) is 0.222. The number of ether oxygens (including phenoxy) is 1. The summed E-state index contributed by atoms with van der Waals surface area (Å²) < 4.78 is 6.80. The van der Waals surface area contributed by atoms with Crippen molar-refractivity contribution in [2.24, 2.45) is 0 Å². The highest BCUT2D eigenvalue weighted by atomic mass is 32.2. The molecule has 1 N–H and O–H groups in total. The first kappa shape index (κ1) is 23.6. The Morgan fingerprint density at radius 2 is 1.79 bits per heavy atom. The molecule has 0 saturated heterocycles. The number of hydrogen-bond acceptors (Lipinski definition) is 5. The monoisotopic (exact) mass is 473 g/mol. The van der Waals surface area contributed by atoms with Crippen molar-refractivity contribution >= 4 is 28.6 Å². The van der Waals surface area contributed by atoms with Gasteiger partial charge in [0.25, 0.3) is 5.56 Å². The van der Waals surface area contributed by atoms with E-state index in [0.717, 1.165) is 34.5 Å². The molecule has 1 heterocycles. The van der Waals surface area contributed by atoms with Gasteiger partial charge in [-0.05, 0) is 67.3 Å². The summed E-state index contributed by atoms with van der Waals surface area (Å²) in [5.41, 5.74) is 4.48. The van der Waals surface area contributed by atoms with E-state index >= 15 is 0 Å². The second-order valence-corrected chi connectivity index (χ2v) is 8.95.